The van der Waals surface area contributed by atoms with Crippen molar-refractivity contribution >= 4 is 17.9 Å². The fourth-order valence-electron chi connectivity index (χ4n) is 7.22. The van der Waals surface area contributed by atoms with Crippen molar-refractivity contribution in [1.82, 2.24) is 0 Å². The number of carbonyl (C=O) groups is 3. The van der Waals surface area contributed by atoms with Crippen LogP contribution in [0.3, 0.4) is 0 Å². The molecule has 0 aliphatic heterocycles. The largest absolute Gasteiger partial charge is 0.462 e. The highest BCUT2D eigenvalue weighted by Gasteiger charge is 2.19. The van der Waals surface area contributed by atoms with Crippen molar-refractivity contribution in [3.8, 4) is 0 Å². The summed E-state index contributed by atoms with van der Waals surface area (Å²) in [5, 5.41) is 0. The molecule has 69 heavy (non-hydrogen) atoms. The Hall–Kier alpha value is -4.19. The summed E-state index contributed by atoms with van der Waals surface area (Å²) in [6.07, 6.45) is 77.5. The van der Waals surface area contributed by atoms with Crippen LogP contribution < -0.4 is 0 Å². The molecule has 0 fully saturated rings. The summed E-state index contributed by atoms with van der Waals surface area (Å²) in [7, 11) is 0. The fourth-order valence-corrected chi connectivity index (χ4v) is 7.22. The topological polar surface area (TPSA) is 78.9 Å². The molecule has 0 spiro atoms. The number of carbonyl (C=O) groups excluding carboxylic acids is 3. The van der Waals surface area contributed by atoms with Crippen molar-refractivity contribution in [3.05, 3.63) is 122 Å². The molecule has 0 rings (SSSR count). The Morgan fingerprint density at radius 1 is 0.304 bits per heavy atom. The first-order chi connectivity index (χ1) is 34.0. The van der Waals surface area contributed by atoms with Gasteiger partial charge in [0.05, 0.1) is 0 Å². The number of hydrogen-bond acceptors (Lipinski definition) is 6. The maximum atomic E-state index is 12.8. The minimum atomic E-state index is -0.820. The number of ether oxygens (including phenoxy) is 3. The van der Waals surface area contributed by atoms with Gasteiger partial charge in [-0.25, -0.2) is 0 Å². The zero-order valence-electron chi connectivity index (χ0n) is 44.5. The van der Waals surface area contributed by atoms with Gasteiger partial charge < -0.3 is 14.2 Å². The van der Waals surface area contributed by atoms with Gasteiger partial charge in [-0.15, -0.1) is 0 Å². The van der Waals surface area contributed by atoms with E-state index < -0.39 is 6.10 Å². The summed E-state index contributed by atoms with van der Waals surface area (Å²) in [5.41, 5.74) is 0. The van der Waals surface area contributed by atoms with E-state index in [-0.39, 0.29) is 44.0 Å². The third-order valence-corrected chi connectivity index (χ3v) is 11.4. The molecule has 0 aromatic carbocycles. The molecular weight excluding hydrogens is 853 g/mol. The van der Waals surface area contributed by atoms with E-state index in [0.717, 1.165) is 116 Å². The Bertz CT molecular complexity index is 1470. The van der Waals surface area contributed by atoms with Crippen LogP contribution in [0.2, 0.25) is 0 Å². The van der Waals surface area contributed by atoms with Gasteiger partial charge in [0, 0.05) is 19.3 Å². The fraction of sp³-hybridized carbons (Fsp3) is 0.635. The molecule has 0 saturated carbocycles. The number of rotatable bonds is 49. The van der Waals surface area contributed by atoms with E-state index in [1.54, 1.807) is 0 Å². The molecule has 6 nitrogen and oxygen atoms in total. The molecule has 0 unspecified atom stereocenters. The third kappa shape index (κ3) is 54.6. The SMILES string of the molecule is CC/C=C\C/C=C\C/C=C\C/C=C\C/C=C\CCCC(=O)OC[C@H](COC(=O)CCCCCCCCC/C=C\C/C=C\CCCCC)OC(=O)CCCCCC/C=C\C/C=C\C/C=C\CCCCC. The van der Waals surface area contributed by atoms with E-state index in [0.29, 0.717) is 12.8 Å². The van der Waals surface area contributed by atoms with Crippen molar-refractivity contribution in [3.63, 3.8) is 0 Å². The van der Waals surface area contributed by atoms with Gasteiger partial charge in [0.1, 0.15) is 13.2 Å². The number of unbranched alkanes of at least 4 members (excludes halogenated alkanes) is 18. The normalized spacial score (nSPS) is 13.0. The van der Waals surface area contributed by atoms with Crippen LogP contribution >= 0.6 is 0 Å². The monoisotopic (exact) mass is 955 g/mol. The molecule has 0 N–H and O–H groups in total. The molecule has 0 bridgehead atoms. The summed E-state index contributed by atoms with van der Waals surface area (Å²) >= 11 is 0. The van der Waals surface area contributed by atoms with E-state index in [2.05, 4.69) is 142 Å². The van der Waals surface area contributed by atoms with Gasteiger partial charge in [0.2, 0.25) is 0 Å². The third-order valence-electron chi connectivity index (χ3n) is 11.4. The average molecular weight is 956 g/mol. The van der Waals surface area contributed by atoms with Crippen LogP contribution in [0.1, 0.15) is 239 Å². The molecule has 390 valence electrons. The average Bonchev–Trinajstić information content (AvgIpc) is 3.35. The molecule has 0 saturated heterocycles. The van der Waals surface area contributed by atoms with E-state index in [9.17, 15) is 14.4 Å². The summed E-state index contributed by atoms with van der Waals surface area (Å²) in [5.74, 6) is -1.01. The maximum Gasteiger partial charge on any atom is 0.306 e. The van der Waals surface area contributed by atoms with Gasteiger partial charge in [0.15, 0.2) is 6.10 Å². The van der Waals surface area contributed by atoms with Gasteiger partial charge in [-0.1, -0.05) is 213 Å². The summed E-state index contributed by atoms with van der Waals surface area (Å²) in [6.45, 7) is 6.39. The van der Waals surface area contributed by atoms with Crippen LogP contribution in [-0.2, 0) is 28.6 Å². The minimum Gasteiger partial charge on any atom is -0.462 e. The Labute approximate surface area is 424 Å². The van der Waals surface area contributed by atoms with Crippen LogP contribution in [0.5, 0.6) is 0 Å². The maximum absolute atomic E-state index is 12.8. The smallest absolute Gasteiger partial charge is 0.306 e. The minimum absolute atomic E-state index is 0.112. The zero-order chi connectivity index (χ0) is 50.0. The second-order valence-electron chi connectivity index (χ2n) is 18.1. The summed E-state index contributed by atoms with van der Waals surface area (Å²) in [6, 6.07) is 0. The van der Waals surface area contributed by atoms with Crippen LogP contribution in [0, 0.1) is 0 Å². The van der Waals surface area contributed by atoms with Gasteiger partial charge in [-0.2, -0.15) is 0 Å². The number of allylic oxidation sites excluding steroid dienone is 20. The highest BCUT2D eigenvalue weighted by Crippen LogP contribution is 2.13. The number of esters is 3. The van der Waals surface area contributed by atoms with E-state index in [1.807, 2.05) is 0 Å². The van der Waals surface area contributed by atoms with Crippen LogP contribution in [0.25, 0.3) is 0 Å². The molecule has 0 aromatic heterocycles. The molecule has 1 atom stereocenters. The van der Waals surface area contributed by atoms with Crippen molar-refractivity contribution < 1.29 is 28.6 Å². The lowest BCUT2D eigenvalue weighted by Crippen LogP contribution is -2.30. The van der Waals surface area contributed by atoms with Gasteiger partial charge in [-0.05, 0) is 128 Å². The number of hydrogen-bond donors (Lipinski definition) is 0. The molecular formula is C63H102O6. The summed E-state index contributed by atoms with van der Waals surface area (Å²) < 4.78 is 16.8. The summed E-state index contributed by atoms with van der Waals surface area (Å²) in [4.78, 5) is 38.1. The van der Waals surface area contributed by atoms with Gasteiger partial charge in [0.25, 0.3) is 0 Å². The van der Waals surface area contributed by atoms with E-state index >= 15 is 0 Å². The molecule has 0 aliphatic carbocycles. The van der Waals surface area contributed by atoms with E-state index in [1.165, 1.54) is 77.0 Å². The molecule has 0 heterocycles. The lowest BCUT2D eigenvalue weighted by Gasteiger charge is -2.18. The van der Waals surface area contributed by atoms with Crippen molar-refractivity contribution in [2.45, 2.75) is 245 Å². The molecule has 6 heteroatoms. The Morgan fingerprint density at radius 3 is 0.942 bits per heavy atom. The predicted molar refractivity (Wildman–Crippen MR) is 297 cm³/mol. The lowest BCUT2D eigenvalue weighted by atomic mass is 10.1. The van der Waals surface area contributed by atoms with E-state index in [4.69, 9.17) is 14.2 Å². The highest BCUT2D eigenvalue weighted by atomic mass is 16.6. The quantitative estimate of drug-likeness (QED) is 0.0262. The van der Waals surface area contributed by atoms with Crippen molar-refractivity contribution in [1.29, 1.82) is 0 Å². The van der Waals surface area contributed by atoms with Crippen LogP contribution in [0.4, 0.5) is 0 Å². The Morgan fingerprint density at radius 2 is 0.580 bits per heavy atom. The highest BCUT2D eigenvalue weighted by molar-refractivity contribution is 5.71. The second-order valence-corrected chi connectivity index (χ2v) is 18.1. The van der Waals surface area contributed by atoms with Gasteiger partial charge in [-0.3, -0.25) is 14.4 Å². The van der Waals surface area contributed by atoms with Crippen LogP contribution in [0.15, 0.2) is 122 Å². The molecule has 0 aliphatic rings. The standard InChI is InChI=1S/C63H102O6/c1-4-7-10-13-16-19-22-25-28-31-34-37-40-43-46-49-52-55-61(64)67-58-60(69-63(66)57-54-51-48-45-42-39-36-33-30-27-24-21-18-15-12-9-6-3)59-68-62(65)56-53-50-47-44-41-38-35-32-29-26-23-20-17-14-11-8-5-2/h7,10,16-21,25-30,34,36-37,39,43,46,60H,4-6,8-9,11-15,22-24,31-33,35,38,40-42,44-45,47-59H2,1-3H3/b10-7-,19-16-,20-17-,21-18-,28-25-,29-26-,30-27-,37-34-,39-36-,46-43-/t60-/m1/s1. The Kier molecular flexibility index (Phi) is 53.0. The first kappa shape index (κ1) is 64.8. The zero-order valence-corrected chi connectivity index (χ0v) is 44.5. The predicted octanol–water partition coefficient (Wildman–Crippen LogP) is 18.9. The molecule has 0 radical (unpaired) electrons. The Balaban J connectivity index is 4.55. The van der Waals surface area contributed by atoms with Crippen molar-refractivity contribution in [2.24, 2.45) is 0 Å². The first-order valence-electron chi connectivity index (χ1n) is 28.0. The molecule has 0 aromatic rings. The van der Waals surface area contributed by atoms with Crippen LogP contribution in [-0.4, -0.2) is 37.2 Å². The second kappa shape index (κ2) is 56.4. The lowest BCUT2D eigenvalue weighted by molar-refractivity contribution is -0.167. The van der Waals surface area contributed by atoms with Gasteiger partial charge >= 0.3 is 17.9 Å². The van der Waals surface area contributed by atoms with Crippen molar-refractivity contribution in [2.75, 3.05) is 13.2 Å². The molecule has 0 amide bonds. The first-order valence-corrected chi connectivity index (χ1v) is 28.0.